The highest BCUT2D eigenvalue weighted by Crippen LogP contribution is 2.37. The molecule has 104 valence electrons. The van der Waals surface area contributed by atoms with Crippen LogP contribution in [0.25, 0.3) is 0 Å². The summed E-state index contributed by atoms with van der Waals surface area (Å²) in [6.45, 7) is 0. The van der Waals surface area contributed by atoms with Gasteiger partial charge in [0.1, 0.15) is 5.75 Å². The Kier molecular flexibility index (Phi) is 4.80. The van der Waals surface area contributed by atoms with Gasteiger partial charge in [0.2, 0.25) is 0 Å². The van der Waals surface area contributed by atoms with Gasteiger partial charge in [-0.15, -0.1) is 0 Å². The first kappa shape index (κ1) is 13.9. The Morgan fingerprint density at radius 1 is 1.26 bits per heavy atom. The molecule has 0 unspecified atom stereocenters. The zero-order valence-electron chi connectivity index (χ0n) is 11.7. The molecule has 0 atom stereocenters. The molecule has 19 heavy (non-hydrogen) atoms. The van der Waals surface area contributed by atoms with E-state index >= 15 is 0 Å². The molecule has 2 N–H and O–H groups in total. The summed E-state index contributed by atoms with van der Waals surface area (Å²) in [4.78, 5) is 11.9. The van der Waals surface area contributed by atoms with E-state index in [0.717, 1.165) is 5.75 Å². The van der Waals surface area contributed by atoms with E-state index in [4.69, 9.17) is 4.74 Å². The van der Waals surface area contributed by atoms with E-state index in [-0.39, 0.29) is 5.91 Å². The number of carbonyl (C=O) groups excluding carboxylic acids is 1. The Hall–Kier alpha value is -1.55. The van der Waals surface area contributed by atoms with Crippen molar-refractivity contribution in [2.24, 2.45) is 0 Å². The van der Waals surface area contributed by atoms with E-state index in [0.29, 0.717) is 11.5 Å². The van der Waals surface area contributed by atoms with Gasteiger partial charge in [0.15, 0.2) is 0 Å². The Labute approximate surface area is 114 Å². The number of nitrogens with one attached hydrogen (secondary N) is 2. The summed E-state index contributed by atoms with van der Waals surface area (Å²) < 4.78 is 5.45. The van der Waals surface area contributed by atoms with Gasteiger partial charge in [0.05, 0.1) is 7.11 Å². The summed E-state index contributed by atoms with van der Waals surface area (Å²) in [5, 5.41) is 0. The zero-order chi connectivity index (χ0) is 13.7. The van der Waals surface area contributed by atoms with Crippen LogP contribution in [0.15, 0.2) is 18.2 Å². The maximum absolute atomic E-state index is 11.9. The normalized spacial score (nSPS) is 16.1. The molecule has 1 saturated carbocycles. The van der Waals surface area contributed by atoms with Crippen LogP contribution in [-0.4, -0.2) is 20.1 Å². The lowest BCUT2D eigenvalue weighted by atomic mass is 9.83. The third-order valence-electron chi connectivity index (χ3n) is 3.78. The quantitative estimate of drug-likeness (QED) is 0.820. The van der Waals surface area contributed by atoms with Crippen molar-refractivity contribution < 1.29 is 9.53 Å². The predicted molar refractivity (Wildman–Crippen MR) is 75.3 cm³/mol. The second kappa shape index (κ2) is 6.57. The first-order valence-corrected chi connectivity index (χ1v) is 6.91. The molecule has 2 rings (SSSR count). The number of amides is 1. The number of hydrogen-bond acceptors (Lipinski definition) is 3. The number of carbonyl (C=O) groups is 1. The summed E-state index contributed by atoms with van der Waals surface area (Å²) in [6, 6.07) is 5.67. The van der Waals surface area contributed by atoms with Gasteiger partial charge in [0.25, 0.3) is 5.91 Å². The van der Waals surface area contributed by atoms with Crippen LogP contribution >= 0.6 is 0 Å². The number of ether oxygens (including phenoxy) is 1. The Morgan fingerprint density at radius 2 is 2.00 bits per heavy atom. The van der Waals surface area contributed by atoms with Crippen LogP contribution in [-0.2, 0) is 0 Å². The molecule has 1 amide bonds. The third kappa shape index (κ3) is 3.26. The summed E-state index contributed by atoms with van der Waals surface area (Å²) in [5.74, 6) is 1.31. The van der Waals surface area contributed by atoms with E-state index in [2.05, 4.69) is 10.9 Å². The van der Waals surface area contributed by atoms with Crippen molar-refractivity contribution >= 4 is 5.91 Å². The van der Waals surface area contributed by atoms with Crippen LogP contribution in [0.3, 0.4) is 0 Å². The molecule has 0 heterocycles. The second-order valence-electron chi connectivity index (χ2n) is 5.00. The molecular weight excluding hydrogens is 240 g/mol. The molecule has 1 aliphatic rings. The highest BCUT2D eigenvalue weighted by molar-refractivity contribution is 5.94. The smallest absolute Gasteiger partial charge is 0.265 e. The van der Waals surface area contributed by atoms with Crippen LogP contribution in [0.4, 0.5) is 0 Å². The number of benzene rings is 1. The zero-order valence-corrected chi connectivity index (χ0v) is 11.7. The summed E-state index contributed by atoms with van der Waals surface area (Å²) in [6.07, 6.45) is 6.22. The summed E-state index contributed by atoms with van der Waals surface area (Å²) in [7, 11) is 3.37. The molecule has 4 nitrogen and oxygen atoms in total. The van der Waals surface area contributed by atoms with Gasteiger partial charge < -0.3 is 4.74 Å². The fourth-order valence-electron chi connectivity index (χ4n) is 2.79. The molecule has 0 aromatic heterocycles. The molecule has 1 fully saturated rings. The molecular formula is C15H22N2O2. The maximum atomic E-state index is 11.9. The fourth-order valence-corrected chi connectivity index (χ4v) is 2.79. The molecule has 4 heteroatoms. The molecule has 0 radical (unpaired) electrons. The predicted octanol–water partition coefficient (Wildman–Crippen LogP) is 2.61. The molecule has 1 aromatic carbocycles. The SMILES string of the molecule is CNNC(=O)c1ccc(OC)c(C2CCCCC2)c1. The van der Waals surface area contributed by atoms with Crippen molar-refractivity contribution in [1.29, 1.82) is 0 Å². The number of hydrogen-bond donors (Lipinski definition) is 2. The van der Waals surface area contributed by atoms with E-state index < -0.39 is 0 Å². The van der Waals surface area contributed by atoms with E-state index in [9.17, 15) is 4.79 Å². The van der Waals surface area contributed by atoms with Crippen LogP contribution in [0, 0.1) is 0 Å². The minimum Gasteiger partial charge on any atom is -0.496 e. The van der Waals surface area contributed by atoms with Gasteiger partial charge in [-0.1, -0.05) is 19.3 Å². The molecule has 0 aliphatic heterocycles. The maximum Gasteiger partial charge on any atom is 0.265 e. The minimum atomic E-state index is -0.109. The summed E-state index contributed by atoms with van der Waals surface area (Å²) >= 11 is 0. The van der Waals surface area contributed by atoms with Crippen molar-refractivity contribution in [2.75, 3.05) is 14.2 Å². The average Bonchev–Trinajstić information content (AvgIpc) is 2.47. The number of methoxy groups -OCH3 is 1. The lowest BCUT2D eigenvalue weighted by molar-refractivity contribution is 0.0938. The van der Waals surface area contributed by atoms with Crippen LogP contribution in [0.5, 0.6) is 5.75 Å². The topological polar surface area (TPSA) is 50.4 Å². The van der Waals surface area contributed by atoms with Gasteiger partial charge in [-0.3, -0.25) is 10.2 Å². The van der Waals surface area contributed by atoms with E-state index in [1.54, 1.807) is 20.2 Å². The van der Waals surface area contributed by atoms with Crippen molar-refractivity contribution in [3.8, 4) is 5.75 Å². The number of rotatable bonds is 4. The standard InChI is InChI=1S/C15H22N2O2/c1-16-17-15(18)12-8-9-14(19-2)13(10-12)11-6-4-3-5-7-11/h8-11,16H,3-7H2,1-2H3,(H,17,18). The minimum absolute atomic E-state index is 0.109. The van der Waals surface area contributed by atoms with Crippen molar-refractivity contribution in [2.45, 2.75) is 38.0 Å². The van der Waals surface area contributed by atoms with Crippen molar-refractivity contribution in [3.05, 3.63) is 29.3 Å². The lowest BCUT2D eigenvalue weighted by Crippen LogP contribution is -2.34. The third-order valence-corrected chi connectivity index (χ3v) is 3.78. The molecule has 0 saturated heterocycles. The molecule has 1 aliphatic carbocycles. The first-order chi connectivity index (χ1) is 9.26. The highest BCUT2D eigenvalue weighted by Gasteiger charge is 2.20. The molecule has 0 spiro atoms. The second-order valence-corrected chi connectivity index (χ2v) is 5.00. The largest absolute Gasteiger partial charge is 0.496 e. The van der Waals surface area contributed by atoms with Gasteiger partial charge in [-0.25, -0.2) is 5.43 Å². The average molecular weight is 262 g/mol. The Morgan fingerprint density at radius 3 is 2.63 bits per heavy atom. The van der Waals surface area contributed by atoms with Gasteiger partial charge in [-0.2, -0.15) is 0 Å². The summed E-state index contributed by atoms with van der Waals surface area (Å²) in [5.41, 5.74) is 7.11. The van der Waals surface area contributed by atoms with Crippen molar-refractivity contribution in [1.82, 2.24) is 10.9 Å². The Bertz CT molecular complexity index is 440. The molecule has 1 aromatic rings. The van der Waals surface area contributed by atoms with E-state index in [1.165, 1.54) is 37.7 Å². The van der Waals surface area contributed by atoms with Gasteiger partial charge >= 0.3 is 0 Å². The van der Waals surface area contributed by atoms with E-state index in [1.807, 2.05) is 12.1 Å². The van der Waals surface area contributed by atoms with Crippen LogP contribution in [0.2, 0.25) is 0 Å². The molecule has 0 bridgehead atoms. The number of hydrazine groups is 1. The van der Waals surface area contributed by atoms with Gasteiger partial charge in [-0.05, 0) is 42.5 Å². The van der Waals surface area contributed by atoms with Gasteiger partial charge in [0, 0.05) is 12.6 Å². The monoisotopic (exact) mass is 262 g/mol. The fraction of sp³-hybridized carbons (Fsp3) is 0.533. The van der Waals surface area contributed by atoms with Crippen LogP contribution < -0.4 is 15.6 Å². The highest BCUT2D eigenvalue weighted by atomic mass is 16.5. The Balaban J connectivity index is 2.27. The van der Waals surface area contributed by atoms with Crippen LogP contribution in [0.1, 0.15) is 53.9 Å². The first-order valence-electron chi connectivity index (χ1n) is 6.91. The lowest BCUT2D eigenvalue weighted by Gasteiger charge is -2.24. The van der Waals surface area contributed by atoms with Crippen molar-refractivity contribution in [3.63, 3.8) is 0 Å².